The number of rotatable bonds is 3. The lowest BCUT2D eigenvalue weighted by atomic mass is 9.75. The molecule has 8 heteroatoms. The van der Waals surface area contributed by atoms with Crippen molar-refractivity contribution in [3.05, 3.63) is 82.3 Å². The predicted octanol–water partition coefficient (Wildman–Crippen LogP) is 5.02. The van der Waals surface area contributed by atoms with E-state index < -0.39 is 17.7 Å². The molecule has 0 radical (unpaired) electrons. The Morgan fingerprint density at radius 2 is 1.88 bits per heavy atom. The largest absolute Gasteiger partial charge is 0.497 e. The average molecular weight is 439 g/mol. The average Bonchev–Trinajstić information content (AvgIpc) is 2.78. The zero-order chi connectivity index (χ0) is 23.0. The maximum absolute atomic E-state index is 13.3. The van der Waals surface area contributed by atoms with Crippen molar-refractivity contribution >= 4 is 11.5 Å². The van der Waals surface area contributed by atoms with E-state index in [9.17, 15) is 23.2 Å². The van der Waals surface area contributed by atoms with Crippen LogP contribution in [0, 0.1) is 11.3 Å². The van der Waals surface area contributed by atoms with Gasteiger partial charge in [0.1, 0.15) is 11.6 Å². The molecule has 2 aromatic rings. The fraction of sp³-hybridized carbons (Fsp3) is 0.250. The molecule has 1 aliphatic heterocycles. The van der Waals surface area contributed by atoms with Crippen molar-refractivity contribution in [1.82, 2.24) is 0 Å². The Hall–Kier alpha value is -3.73. The van der Waals surface area contributed by atoms with E-state index in [0.29, 0.717) is 41.8 Å². The summed E-state index contributed by atoms with van der Waals surface area (Å²) in [5.41, 5.74) is 7.49. The minimum Gasteiger partial charge on any atom is -0.497 e. The standard InChI is InChI=1S/C24H20F3N3O2/c1-32-17-10-8-14(9-11-17)21-18(13-28)23(29)30(19-6-3-7-20(31)22(19)21)16-5-2-4-15(12-16)24(25,26)27/h2,4-5,8-12,21H,3,6-7,29H2,1H3. The molecule has 2 aromatic carbocycles. The number of hydrogen-bond acceptors (Lipinski definition) is 5. The van der Waals surface area contributed by atoms with Crippen LogP contribution in [0.2, 0.25) is 0 Å². The number of anilines is 1. The Kier molecular flexibility index (Phi) is 5.43. The zero-order valence-electron chi connectivity index (χ0n) is 17.2. The molecule has 1 heterocycles. The van der Waals surface area contributed by atoms with E-state index in [1.54, 1.807) is 24.3 Å². The molecule has 1 aliphatic carbocycles. The van der Waals surface area contributed by atoms with Crippen LogP contribution in [0.25, 0.3) is 0 Å². The molecule has 5 nitrogen and oxygen atoms in total. The first-order valence-electron chi connectivity index (χ1n) is 10.0. The van der Waals surface area contributed by atoms with Gasteiger partial charge in [-0.1, -0.05) is 18.2 Å². The summed E-state index contributed by atoms with van der Waals surface area (Å²) in [4.78, 5) is 14.5. The minimum absolute atomic E-state index is 0.0288. The summed E-state index contributed by atoms with van der Waals surface area (Å²) in [5, 5.41) is 9.97. The first-order valence-corrected chi connectivity index (χ1v) is 10.0. The molecule has 4 rings (SSSR count). The van der Waals surface area contributed by atoms with E-state index in [1.807, 2.05) is 0 Å². The fourth-order valence-corrected chi connectivity index (χ4v) is 4.33. The second kappa shape index (κ2) is 8.08. The topological polar surface area (TPSA) is 79.3 Å². The van der Waals surface area contributed by atoms with E-state index in [-0.39, 0.29) is 22.9 Å². The summed E-state index contributed by atoms with van der Waals surface area (Å²) in [6.45, 7) is 0. The highest BCUT2D eigenvalue weighted by atomic mass is 19.4. The Morgan fingerprint density at radius 3 is 2.50 bits per heavy atom. The number of Topliss-reactive ketones (excluding diaryl/α,β-unsaturated/α-hetero) is 1. The molecule has 0 saturated carbocycles. The third kappa shape index (κ3) is 3.60. The first kappa shape index (κ1) is 21.5. The van der Waals surface area contributed by atoms with Crippen molar-refractivity contribution in [2.75, 3.05) is 12.0 Å². The molecule has 0 aromatic heterocycles. The van der Waals surface area contributed by atoms with Crippen LogP contribution < -0.4 is 15.4 Å². The second-order valence-corrected chi connectivity index (χ2v) is 7.64. The number of methoxy groups -OCH3 is 1. The van der Waals surface area contributed by atoms with E-state index in [4.69, 9.17) is 10.5 Å². The maximum Gasteiger partial charge on any atom is 0.416 e. The number of nitrogens with zero attached hydrogens (tertiary/aromatic N) is 2. The molecule has 1 unspecified atom stereocenters. The number of nitriles is 1. The number of ketones is 1. The summed E-state index contributed by atoms with van der Waals surface area (Å²) >= 11 is 0. The highest BCUT2D eigenvalue weighted by Gasteiger charge is 2.41. The predicted molar refractivity (Wildman–Crippen MR) is 112 cm³/mol. The van der Waals surface area contributed by atoms with Gasteiger partial charge in [0.2, 0.25) is 0 Å². The normalized spacial score (nSPS) is 19.0. The van der Waals surface area contributed by atoms with Crippen LogP contribution >= 0.6 is 0 Å². The Morgan fingerprint density at radius 1 is 1.16 bits per heavy atom. The van der Waals surface area contributed by atoms with Gasteiger partial charge in [0.15, 0.2) is 5.78 Å². The number of alkyl halides is 3. The number of allylic oxidation sites excluding steroid dienone is 3. The molecule has 0 saturated heterocycles. The summed E-state index contributed by atoms with van der Waals surface area (Å²) in [6.07, 6.45) is -3.21. The van der Waals surface area contributed by atoms with Gasteiger partial charge in [-0.2, -0.15) is 18.4 Å². The number of ether oxygens (including phenoxy) is 1. The third-order valence-corrected chi connectivity index (χ3v) is 5.79. The Bertz CT molecular complexity index is 1170. The van der Waals surface area contributed by atoms with Crippen molar-refractivity contribution in [3.8, 4) is 11.8 Å². The Balaban J connectivity index is 1.92. The summed E-state index contributed by atoms with van der Waals surface area (Å²) in [6, 6.07) is 13.8. The van der Waals surface area contributed by atoms with Gasteiger partial charge in [0.05, 0.1) is 30.2 Å². The zero-order valence-corrected chi connectivity index (χ0v) is 17.2. The number of nitrogens with two attached hydrogens (primary N) is 1. The van der Waals surface area contributed by atoms with E-state index in [1.165, 1.54) is 24.1 Å². The van der Waals surface area contributed by atoms with Gasteiger partial charge < -0.3 is 10.5 Å². The molecule has 0 fully saturated rings. The quantitative estimate of drug-likeness (QED) is 0.727. The third-order valence-electron chi connectivity index (χ3n) is 5.79. The maximum atomic E-state index is 13.3. The molecular formula is C24H20F3N3O2. The van der Waals surface area contributed by atoms with Crippen molar-refractivity contribution in [2.45, 2.75) is 31.4 Å². The van der Waals surface area contributed by atoms with E-state index in [2.05, 4.69) is 6.07 Å². The van der Waals surface area contributed by atoms with Crippen LogP contribution in [0.3, 0.4) is 0 Å². The molecule has 1 atom stereocenters. The molecule has 0 bridgehead atoms. The van der Waals surface area contributed by atoms with Crippen LogP contribution in [0.5, 0.6) is 5.75 Å². The molecule has 164 valence electrons. The fourth-order valence-electron chi connectivity index (χ4n) is 4.33. The number of benzene rings is 2. The lowest BCUT2D eigenvalue weighted by molar-refractivity contribution is -0.137. The van der Waals surface area contributed by atoms with Crippen LogP contribution in [0.1, 0.15) is 36.3 Å². The van der Waals surface area contributed by atoms with Gasteiger partial charge in [-0.05, 0) is 48.7 Å². The van der Waals surface area contributed by atoms with Crippen molar-refractivity contribution in [1.29, 1.82) is 5.26 Å². The number of halogens is 3. The van der Waals surface area contributed by atoms with Crippen LogP contribution in [-0.4, -0.2) is 12.9 Å². The van der Waals surface area contributed by atoms with Crippen LogP contribution in [0.15, 0.2) is 71.2 Å². The second-order valence-electron chi connectivity index (χ2n) is 7.64. The minimum atomic E-state index is -4.53. The highest BCUT2D eigenvalue weighted by molar-refractivity contribution is 6.01. The summed E-state index contributed by atoms with van der Waals surface area (Å²) < 4.78 is 45.2. The first-order chi connectivity index (χ1) is 15.3. The summed E-state index contributed by atoms with van der Waals surface area (Å²) in [7, 11) is 1.53. The molecule has 32 heavy (non-hydrogen) atoms. The van der Waals surface area contributed by atoms with Crippen LogP contribution in [-0.2, 0) is 11.0 Å². The SMILES string of the molecule is COc1ccc(C2C(C#N)=C(N)N(c3cccc(C(F)(F)F)c3)C3=C2C(=O)CCC3)cc1. The van der Waals surface area contributed by atoms with Gasteiger partial charge >= 0.3 is 6.18 Å². The van der Waals surface area contributed by atoms with Crippen molar-refractivity contribution in [2.24, 2.45) is 5.73 Å². The van der Waals surface area contributed by atoms with Crippen molar-refractivity contribution in [3.63, 3.8) is 0 Å². The number of carbonyl (C=O) groups is 1. The lowest BCUT2D eigenvalue weighted by Gasteiger charge is -2.39. The smallest absolute Gasteiger partial charge is 0.416 e. The van der Waals surface area contributed by atoms with Gasteiger partial charge in [-0.3, -0.25) is 9.69 Å². The van der Waals surface area contributed by atoms with Gasteiger partial charge in [0.25, 0.3) is 0 Å². The lowest BCUT2D eigenvalue weighted by Crippen LogP contribution is -2.38. The molecule has 2 N–H and O–H groups in total. The molecular weight excluding hydrogens is 419 g/mol. The molecule has 2 aliphatic rings. The number of hydrogen-bond donors (Lipinski definition) is 1. The van der Waals surface area contributed by atoms with Crippen LogP contribution in [0.4, 0.5) is 18.9 Å². The molecule has 0 amide bonds. The number of carbonyl (C=O) groups excluding carboxylic acids is 1. The highest BCUT2D eigenvalue weighted by Crippen LogP contribution is 2.47. The van der Waals surface area contributed by atoms with Gasteiger partial charge in [-0.15, -0.1) is 0 Å². The monoisotopic (exact) mass is 439 g/mol. The Labute approximate surface area is 183 Å². The van der Waals surface area contributed by atoms with Crippen molar-refractivity contribution < 1.29 is 22.7 Å². The van der Waals surface area contributed by atoms with Gasteiger partial charge in [-0.25, -0.2) is 0 Å². The van der Waals surface area contributed by atoms with Gasteiger partial charge in [0, 0.05) is 23.4 Å². The van der Waals surface area contributed by atoms with E-state index in [0.717, 1.165) is 12.1 Å². The van der Waals surface area contributed by atoms with E-state index >= 15 is 0 Å². The molecule has 0 spiro atoms. The summed E-state index contributed by atoms with van der Waals surface area (Å²) in [5.74, 6) is -0.170.